The van der Waals surface area contributed by atoms with Crippen LogP contribution in [0.25, 0.3) is 10.6 Å². The minimum absolute atomic E-state index is 0.562. The highest BCUT2D eigenvalue weighted by atomic mass is 79.9. The van der Waals surface area contributed by atoms with Crippen molar-refractivity contribution in [2.75, 3.05) is 5.32 Å². The Bertz CT molecular complexity index is 683. The standard InChI is InChI=1S/C13H10BrN5S/c14-10-6-15-13(16-7-10)17-8-11-18-19-12(20-11)9-4-2-1-3-5-9/h1-7H,8H2,(H,15,16,17). The van der Waals surface area contributed by atoms with Gasteiger partial charge in [0.05, 0.1) is 11.0 Å². The molecule has 0 bridgehead atoms. The number of nitrogens with one attached hydrogen (secondary N) is 1. The Morgan fingerprint density at radius 3 is 2.55 bits per heavy atom. The van der Waals surface area contributed by atoms with E-state index in [-0.39, 0.29) is 0 Å². The molecule has 1 N–H and O–H groups in total. The van der Waals surface area contributed by atoms with Crippen LogP contribution in [0.2, 0.25) is 0 Å². The lowest BCUT2D eigenvalue weighted by Gasteiger charge is -2.00. The number of nitrogens with zero attached hydrogens (tertiary/aromatic N) is 4. The Morgan fingerprint density at radius 1 is 1.05 bits per heavy atom. The molecule has 0 aliphatic heterocycles. The molecule has 0 fully saturated rings. The van der Waals surface area contributed by atoms with Crippen molar-refractivity contribution in [2.45, 2.75) is 6.54 Å². The van der Waals surface area contributed by atoms with Crippen molar-refractivity contribution in [3.63, 3.8) is 0 Å². The molecule has 3 aromatic rings. The minimum atomic E-state index is 0.562. The maximum Gasteiger partial charge on any atom is 0.223 e. The second kappa shape index (κ2) is 6.06. The molecule has 0 radical (unpaired) electrons. The van der Waals surface area contributed by atoms with Gasteiger partial charge in [-0.15, -0.1) is 10.2 Å². The SMILES string of the molecule is Brc1cnc(NCc2nnc(-c3ccccc3)s2)nc1. The van der Waals surface area contributed by atoms with Gasteiger partial charge in [0.1, 0.15) is 10.0 Å². The summed E-state index contributed by atoms with van der Waals surface area (Å²) in [7, 11) is 0. The van der Waals surface area contributed by atoms with Gasteiger partial charge in [0.15, 0.2) is 0 Å². The molecule has 0 saturated heterocycles. The fraction of sp³-hybridized carbons (Fsp3) is 0.0769. The van der Waals surface area contributed by atoms with E-state index in [1.807, 2.05) is 30.3 Å². The minimum Gasteiger partial charge on any atom is -0.348 e. The number of benzene rings is 1. The highest BCUT2D eigenvalue weighted by Gasteiger charge is 2.06. The molecule has 2 heterocycles. The predicted molar refractivity (Wildman–Crippen MR) is 82.4 cm³/mol. The third kappa shape index (κ3) is 3.17. The molecule has 0 spiro atoms. The zero-order valence-electron chi connectivity index (χ0n) is 10.3. The summed E-state index contributed by atoms with van der Waals surface area (Å²) in [4.78, 5) is 8.29. The van der Waals surface area contributed by atoms with E-state index in [0.717, 1.165) is 20.1 Å². The number of halogens is 1. The Hall–Kier alpha value is -1.86. The fourth-order valence-corrected chi connectivity index (χ4v) is 2.57. The molecule has 0 aliphatic carbocycles. The van der Waals surface area contributed by atoms with E-state index < -0.39 is 0 Å². The summed E-state index contributed by atoms with van der Waals surface area (Å²) in [6, 6.07) is 10.0. The van der Waals surface area contributed by atoms with Gasteiger partial charge >= 0.3 is 0 Å². The van der Waals surface area contributed by atoms with Gasteiger partial charge in [0, 0.05) is 18.0 Å². The van der Waals surface area contributed by atoms with Crippen molar-refractivity contribution in [1.82, 2.24) is 20.2 Å². The first kappa shape index (κ1) is 13.1. The van der Waals surface area contributed by atoms with Gasteiger partial charge in [-0.05, 0) is 15.9 Å². The maximum atomic E-state index is 4.19. The first-order valence-electron chi connectivity index (χ1n) is 5.90. The van der Waals surface area contributed by atoms with Gasteiger partial charge in [0.2, 0.25) is 5.95 Å². The van der Waals surface area contributed by atoms with Crippen LogP contribution in [0.5, 0.6) is 0 Å². The number of anilines is 1. The van der Waals surface area contributed by atoms with E-state index in [0.29, 0.717) is 12.5 Å². The summed E-state index contributed by atoms with van der Waals surface area (Å²) >= 11 is 4.86. The van der Waals surface area contributed by atoms with E-state index in [2.05, 4.69) is 41.4 Å². The summed E-state index contributed by atoms with van der Waals surface area (Å²) in [5.74, 6) is 0.574. The Labute approximate surface area is 128 Å². The van der Waals surface area contributed by atoms with E-state index in [1.54, 1.807) is 23.7 Å². The normalized spacial score (nSPS) is 10.4. The van der Waals surface area contributed by atoms with Gasteiger partial charge in [-0.3, -0.25) is 0 Å². The second-order valence-electron chi connectivity index (χ2n) is 3.95. The van der Waals surface area contributed by atoms with Crippen LogP contribution < -0.4 is 5.32 Å². The van der Waals surface area contributed by atoms with Gasteiger partial charge in [-0.25, -0.2) is 9.97 Å². The van der Waals surface area contributed by atoms with Crippen LogP contribution >= 0.6 is 27.3 Å². The highest BCUT2D eigenvalue weighted by Crippen LogP contribution is 2.23. The third-order valence-corrected chi connectivity index (χ3v) is 3.89. The quantitative estimate of drug-likeness (QED) is 0.783. The first-order chi connectivity index (χ1) is 9.81. The average Bonchev–Trinajstić information content (AvgIpc) is 2.97. The smallest absolute Gasteiger partial charge is 0.223 e. The van der Waals surface area contributed by atoms with E-state index in [1.165, 1.54) is 0 Å². The largest absolute Gasteiger partial charge is 0.348 e. The molecule has 5 nitrogen and oxygen atoms in total. The van der Waals surface area contributed by atoms with Gasteiger partial charge in [-0.1, -0.05) is 41.7 Å². The molecule has 0 atom stereocenters. The van der Waals surface area contributed by atoms with Gasteiger partial charge < -0.3 is 5.32 Å². The van der Waals surface area contributed by atoms with Crippen LogP contribution in [-0.2, 0) is 6.54 Å². The fourth-order valence-electron chi connectivity index (χ4n) is 1.58. The van der Waals surface area contributed by atoms with Crippen LogP contribution in [0.3, 0.4) is 0 Å². The molecule has 20 heavy (non-hydrogen) atoms. The summed E-state index contributed by atoms with van der Waals surface area (Å²) < 4.78 is 0.852. The molecule has 0 aliphatic rings. The molecule has 3 rings (SSSR count). The van der Waals surface area contributed by atoms with Crippen LogP contribution in [0.4, 0.5) is 5.95 Å². The molecular weight excluding hydrogens is 338 g/mol. The van der Waals surface area contributed by atoms with E-state index in [4.69, 9.17) is 0 Å². The van der Waals surface area contributed by atoms with Crippen molar-refractivity contribution in [3.8, 4) is 10.6 Å². The second-order valence-corrected chi connectivity index (χ2v) is 5.92. The molecular formula is C13H10BrN5S. The van der Waals surface area contributed by atoms with Crippen LogP contribution in [0.1, 0.15) is 5.01 Å². The molecule has 1 aromatic carbocycles. The van der Waals surface area contributed by atoms with Crippen molar-refractivity contribution in [1.29, 1.82) is 0 Å². The summed E-state index contributed by atoms with van der Waals surface area (Å²) in [6.45, 7) is 0.562. The lowest BCUT2D eigenvalue weighted by Crippen LogP contribution is -2.02. The van der Waals surface area contributed by atoms with Crippen LogP contribution in [-0.4, -0.2) is 20.2 Å². The molecule has 0 unspecified atom stereocenters. The van der Waals surface area contributed by atoms with Crippen molar-refractivity contribution in [2.24, 2.45) is 0 Å². The average molecular weight is 348 g/mol. The Kier molecular flexibility index (Phi) is 3.98. The van der Waals surface area contributed by atoms with Crippen LogP contribution in [0, 0.1) is 0 Å². The van der Waals surface area contributed by atoms with Crippen molar-refractivity contribution in [3.05, 3.63) is 52.2 Å². The number of rotatable bonds is 4. The molecule has 0 amide bonds. The predicted octanol–water partition coefficient (Wildman–Crippen LogP) is 3.37. The third-order valence-electron chi connectivity index (χ3n) is 2.51. The first-order valence-corrected chi connectivity index (χ1v) is 7.51. The summed E-state index contributed by atoms with van der Waals surface area (Å²) in [5.41, 5.74) is 1.08. The summed E-state index contributed by atoms with van der Waals surface area (Å²) in [6.07, 6.45) is 3.40. The van der Waals surface area contributed by atoms with E-state index >= 15 is 0 Å². The summed E-state index contributed by atoms with van der Waals surface area (Å²) in [5, 5.41) is 13.3. The Morgan fingerprint density at radius 2 is 1.80 bits per heavy atom. The highest BCUT2D eigenvalue weighted by molar-refractivity contribution is 9.10. The Balaban J connectivity index is 1.67. The molecule has 100 valence electrons. The lowest BCUT2D eigenvalue weighted by molar-refractivity contribution is 0.971. The van der Waals surface area contributed by atoms with Crippen molar-refractivity contribution >= 4 is 33.2 Å². The van der Waals surface area contributed by atoms with Gasteiger partial charge in [0.25, 0.3) is 0 Å². The monoisotopic (exact) mass is 347 g/mol. The van der Waals surface area contributed by atoms with Gasteiger partial charge in [-0.2, -0.15) is 0 Å². The number of aromatic nitrogens is 4. The molecule has 0 saturated carbocycles. The molecule has 7 heteroatoms. The number of hydrogen-bond donors (Lipinski definition) is 1. The number of hydrogen-bond acceptors (Lipinski definition) is 6. The van der Waals surface area contributed by atoms with E-state index in [9.17, 15) is 0 Å². The zero-order chi connectivity index (χ0) is 13.8. The zero-order valence-corrected chi connectivity index (χ0v) is 12.7. The van der Waals surface area contributed by atoms with Crippen LogP contribution in [0.15, 0.2) is 47.2 Å². The van der Waals surface area contributed by atoms with Crippen molar-refractivity contribution < 1.29 is 0 Å². The maximum absolute atomic E-state index is 4.19. The topological polar surface area (TPSA) is 63.6 Å². The lowest BCUT2D eigenvalue weighted by atomic mass is 10.2. The molecule has 2 aromatic heterocycles.